The average Bonchev–Trinajstić information content (AvgIpc) is 2.28. The first kappa shape index (κ1) is 11.9. The highest BCUT2D eigenvalue weighted by molar-refractivity contribution is 5.72. The molecule has 92 valence electrons. The maximum atomic E-state index is 11.4. The number of methoxy groups -OCH3 is 2. The Morgan fingerprint density at radius 1 is 1.19 bits per heavy atom. The van der Waals surface area contributed by atoms with E-state index in [4.69, 9.17) is 14.2 Å². The van der Waals surface area contributed by atoms with Crippen LogP contribution in [0.1, 0.15) is 25.7 Å². The summed E-state index contributed by atoms with van der Waals surface area (Å²) in [6, 6.07) is 0. The first-order valence-corrected chi connectivity index (χ1v) is 5.98. The summed E-state index contributed by atoms with van der Waals surface area (Å²) in [6.07, 6.45) is 4.07. The van der Waals surface area contributed by atoms with Crippen LogP contribution in [0.2, 0.25) is 0 Å². The second-order valence-electron chi connectivity index (χ2n) is 4.74. The number of ether oxygens (including phenoxy) is 3. The summed E-state index contributed by atoms with van der Waals surface area (Å²) in [5.74, 6) is 1.25. The van der Waals surface area contributed by atoms with E-state index >= 15 is 0 Å². The van der Waals surface area contributed by atoms with Gasteiger partial charge in [0.1, 0.15) is 0 Å². The Bertz CT molecular complexity index is 243. The van der Waals surface area contributed by atoms with Crippen LogP contribution in [0.15, 0.2) is 0 Å². The summed E-state index contributed by atoms with van der Waals surface area (Å²) >= 11 is 0. The molecule has 0 aromatic rings. The van der Waals surface area contributed by atoms with Gasteiger partial charge >= 0.3 is 5.97 Å². The Kier molecular flexibility index (Phi) is 3.82. The monoisotopic (exact) mass is 228 g/mol. The molecule has 1 heterocycles. The van der Waals surface area contributed by atoms with Gasteiger partial charge in [-0.1, -0.05) is 0 Å². The first-order chi connectivity index (χ1) is 7.76. The third-order valence-electron chi connectivity index (χ3n) is 3.95. The molecule has 0 aromatic heterocycles. The normalized spacial score (nSPS) is 38.9. The highest BCUT2D eigenvalue weighted by Crippen LogP contribution is 2.39. The second kappa shape index (κ2) is 5.15. The van der Waals surface area contributed by atoms with Gasteiger partial charge < -0.3 is 14.2 Å². The Morgan fingerprint density at radius 3 is 2.31 bits per heavy atom. The van der Waals surface area contributed by atoms with Crippen molar-refractivity contribution in [2.24, 2.45) is 17.8 Å². The Balaban J connectivity index is 1.79. The molecular formula is C12H20O4. The number of hydrogen-bond donors (Lipinski definition) is 0. The molecule has 0 aromatic carbocycles. The van der Waals surface area contributed by atoms with Crippen LogP contribution < -0.4 is 0 Å². The smallest absolute Gasteiger partial charge is 0.308 e. The molecule has 16 heavy (non-hydrogen) atoms. The minimum Gasteiger partial charge on any atom is -0.469 e. The fraction of sp³-hybridized carbons (Fsp3) is 0.917. The van der Waals surface area contributed by atoms with Crippen molar-refractivity contribution >= 4 is 5.97 Å². The minimum absolute atomic E-state index is 0.0142. The minimum atomic E-state index is -0.0494. The molecule has 1 aliphatic carbocycles. The van der Waals surface area contributed by atoms with E-state index < -0.39 is 0 Å². The summed E-state index contributed by atoms with van der Waals surface area (Å²) in [5.41, 5.74) is 0. The first-order valence-electron chi connectivity index (χ1n) is 5.98. The van der Waals surface area contributed by atoms with E-state index in [2.05, 4.69) is 0 Å². The second-order valence-corrected chi connectivity index (χ2v) is 4.74. The van der Waals surface area contributed by atoms with Gasteiger partial charge in [0.05, 0.1) is 19.6 Å². The predicted octanol–water partition coefficient (Wildman–Crippen LogP) is 1.58. The number of rotatable bonds is 3. The molecule has 0 bridgehead atoms. The molecule has 2 aliphatic rings. The lowest BCUT2D eigenvalue weighted by Gasteiger charge is -2.42. The summed E-state index contributed by atoms with van der Waals surface area (Å²) < 4.78 is 15.3. The SMILES string of the molecule is COC(=O)C1CCC(C2COC2OC)CC1. The van der Waals surface area contributed by atoms with Crippen LogP contribution in [0.3, 0.4) is 0 Å². The van der Waals surface area contributed by atoms with E-state index in [1.807, 2.05) is 0 Å². The molecule has 2 atom stereocenters. The van der Waals surface area contributed by atoms with Gasteiger partial charge in [-0.25, -0.2) is 0 Å². The summed E-state index contributed by atoms with van der Waals surface area (Å²) in [4.78, 5) is 11.4. The van der Waals surface area contributed by atoms with Crippen LogP contribution in [-0.4, -0.2) is 33.1 Å². The third kappa shape index (κ3) is 2.23. The Hall–Kier alpha value is -0.610. The number of carbonyl (C=O) groups is 1. The van der Waals surface area contributed by atoms with E-state index in [-0.39, 0.29) is 18.2 Å². The van der Waals surface area contributed by atoms with Crippen LogP contribution in [0.5, 0.6) is 0 Å². The van der Waals surface area contributed by atoms with E-state index in [0.29, 0.717) is 11.8 Å². The van der Waals surface area contributed by atoms with Gasteiger partial charge in [-0.3, -0.25) is 4.79 Å². The molecule has 0 spiro atoms. The lowest BCUT2D eigenvalue weighted by atomic mass is 9.74. The largest absolute Gasteiger partial charge is 0.469 e. The van der Waals surface area contributed by atoms with Crippen molar-refractivity contribution in [2.45, 2.75) is 32.0 Å². The van der Waals surface area contributed by atoms with Gasteiger partial charge in [-0.05, 0) is 31.6 Å². The lowest BCUT2D eigenvalue weighted by Crippen LogP contribution is -2.46. The van der Waals surface area contributed by atoms with Gasteiger partial charge in [0.25, 0.3) is 0 Å². The number of carbonyl (C=O) groups excluding carboxylic acids is 1. The molecule has 0 radical (unpaired) electrons. The van der Waals surface area contributed by atoms with Gasteiger partial charge in [0.2, 0.25) is 0 Å². The van der Waals surface area contributed by atoms with Gasteiger partial charge in [0.15, 0.2) is 6.29 Å². The van der Waals surface area contributed by atoms with Crippen molar-refractivity contribution in [1.29, 1.82) is 0 Å². The van der Waals surface area contributed by atoms with Gasteiger partial charge in [-0.2, -0.15) is 0 Å². The van der Waals surface area contributed by atoms with Crippen LogP contribution in [0.4, 0.5) is 0 Å². The molecule has 1 aliphatic heterocycles. The molecular weight excluding hydrogens is 208 g/mol. The van der Waals surface area contributed by atoms with Crippen LogP contribution in [0, 0.1) is 17.8 Å². The number of esters is 1. The molecule has 1 saturated heterocycles. The number of hydrogen-bond acceptors (Lipinski definition) is 4. The zero-order chi connectivity index (χ0) is 11.5. The molecule has 2 rings (SSSR count). The molecule has 2 unspecified atom stereocenters. The zero-order valence-electron chi connectivity index (χ0n) is 9.98. The average molecular weight is 228 g/mol. The highest BCUT2D eigenvalue weighted by Gasteiger charge is 2.40. The van der Waals surface area contributed by atoms with Crippen molar-refractivity contribution in [2.75, 3.05) is 20.8 Å². The van der Waals surface area contributed by atoms with Crippen molar-refractivity contribution in [1.82, 2.24) is 0 Å². The lowest BCUT2D eigenvalue weighted by molar-refractivity contribution is -0.263. The maximum Gasteiger partial charge on any atom is 0.308 e. The highest BCUT2D eigenvalue weighted by atomic mass is 16.7. The van der Waals surface area contributed by atoms with E-state index in [9.17, 15) is 4.79 Å². The van der Waals surface area contributed by atoms with Gasteiger partial charge in [0, 0.05) is 13.0 Å². The van der Waals surface area contributed by atoms with Crippen LogP contribution >= 0.6 is 0 Å². The fourth-order valence-corrected chi connectivity index (χ4v) is 2.84. The topological polar surface area (TPSA) is 44.8 Å². The summed E-state index contributed by atoms with van der Waals surface area (Å²) in [7, 11) is 3.16. The Labute approximate surface area is 96.2 Å². The van der Waals surface area contributed by atoms with Gasteiger partial charge in [-0.15, -0.1) is 0 Å². The zero-order valence-corrected chi connectivity index (χ0v) is 9.98. The van der Waals surface area contributed by atoms with Crippen molar-refractivity contribution in [3.63, 3.8) is 0 Å². The fourth-order valence-electron chi connectivity index (χ4n) is 2.84. The van der Waals surface area contributed by atoms with E-state index in [1.165, 1.54) is 7.11 Å². The molecule has 2 fully saturated rings. The predicted molar refractivity (Wildman–Crippen MR) is 57.7 cm³/mol. The quantitative estimate of drug-likeness (QED) is 0.688. The van der Waals surface area contributed by atoms with E-state index in [1.54, 1.807) is 7.11 Å². The van der Waals surface area contributed by atoms with Crippen molar-refractivity contribution in [3.8, 4) is 0 Å². The van der Waals surface area contributed by atoms with Crippen molar-refractivity contribution in [3.05, 3.63) is 0 Å². The van der Waals surface area contributed by atoms with Crippen molar-refractivity contribution < 1.29 is 19.0 Å². The Morgan fingerprint density at radius 2 is 1.88 bits per heavy atom. The molecule has 1 saturated carbocycles. The standard InChI is InChI=1S/C12H20O4/c1-14-11(13)9-5-3-8(4-6-9)10-7-16-12(10)15-2/h8-10,12H,3-7H2,1-2H3. The summed E-state index contributed by atoms with van der Waals surface area (Å²) in [5, 5.41) is 0. The maximum absolute atomic E-state index is 11.4. The molecule has 0 N–H and O–H groups in total. The van der Waals surface area contributed by atoms with E-state index in [0.717, 1.165) is 32.3 Å². The molecule has 0 amide bonds. The van der Waals surface area contributed by atoms with Crippen LogP contribution in [0.25, 0.3) is 0 Å². The summed E-state index contributed by atoms with van der Waals surface area (Å²) in [6.45, 7) is 0.812. The molecule has 4 heteroatoms. The van der Waals surface area contributed by atoms with Crippen LogP contribution in [-0.2, 0) is 19.0 Å². The third-order valence-corrected chi connectivity index (χ3v) is 3.95. The molecule has 4 nitrogen and oxygen atoms in total.